The molecule has 2 aromatic rings. The summed E-state index contributed by atoms with van der Waals surface area (Å²) in [5, 5.41) is 4.82. The Balaban J connectivity index is 1.93. The van der Waals surface area contributed by atoms with Crippen LogP contribution in [0.25, 0.3) is 0 Å². The van der Waals surface area contributed by atoms with Crippen LogP contribution in [0.3, 0.4) is 0 Å². The lowest BCUT2D eigenvalue weighted by Gasteiger charge is -2.17. The molecule has 0 saturated carbocycles. The van der Waals surface area contributed by atoms with E-state index in [0.717, 1.165) is 16.1 Å². The van der Waals surface area contributed by atoms with E-state index in [-0.39, 0.29) is 6.03 Å². The highest BCUT2D eigenvalue weighted by Gasteiger charge is 2.10. The van der Waals surface area contributed by atoms with Crippen LogP contribution >= 0.6 is 11.3 Å². The monoisotopic (exact) mass is 299 g/mol. The number of thiophene rings is 1. The summed E-state index contributed by atoms with van der Waals surface area (Å²) in [5.74, 6) is 5.80. The van der Waals surface area contributed by atoms with Crippen molar-refractivity contribution in [2.45, 2.75) is 6.54 Å². The highest BCUT2D eigenvalue weighted by atomic mass is 32.1. The molecule has 0 bridgehead atoms. The summed E-state index contributed by atoms with van der Waals surface area (Å²) in [6.45, 7) is 0.901. The molecule has 0 fully saturated rings. The lowest BCUT2D eigenvalue weighted by Crippen LogP contribution is -2.30. The molecule has 3 N–H and O–H groups in total. The molecule has 21 heavy (non-hydrogen) atoms. The first-order valence-electron chi connectivity index (χ1n) is 6.52. The average molecular weight is 299 g/mol. The molecule has 0 unspecified atom stereocenters. The fourth-order valence-corrected chi connectivity index (χ4v) is 2.60. The molecule has 5 heteroatoms. The molecule has 0 aliphatic carbocycles. The number of carbonyl (C=O) groups excluding carboxylic acids is 1. The highest BCUT2D eigenvalue weighted by molar-refractivity contribution is 7.10. The van der Waals surface area contributed by atoms with Crippen molar-refractivity contribution in [3.63, 3.8) is 0 Å². The normalized spacial score (nSPS) is 9.62. The third-order valence-corrected chi connectivity index (χ3v) is 3.67. The quantitative estimate of drug-likeness (QED) is 0.856. The first-order valence-corrected chi connectivity index (χ1v) is 7.40. The number of carbonyl (C=O) groups is 1. The van der Waals surface area contributed by atoms with Gasteiger partial charge >= 0.3 is 6.03 Å². The Hall–Kier alpha value is -2.29. The van der Waals surface area contributed by atoms with Crippen molar-refractivity contribution in [2.24, 2.45) is 5.73 Å². The lowest BCUT2D eigenvalue weighted by atomic mass is 10.3. The van der Waals surface area contributed by atoms with Crippen LogP contribution in [0.5, 0.6) is 0 Å². The number of amides is 2. The summed E-state index contributed by atoms with van der Waals surface area (Å²) < 4.78 is 0. The van der Waals surface area contributed by atoms with Gasteiger partial charge in [0.1, 0.15) is 0 Å². The first kappa shape index (κ1) is 15.1. The summed E-state index contributed by atoms with van der Waals surface area (Å²) in [5.41, 5.74) is 7.07. The Morgan fingerprint density at radius 3 is 2.86 bits per heavy atom. The molecular formula is C16H17N3OS. The van der Waals surface area contributed by atoms with Gasteiger partial charge in [-0.3, -0.25) is 0 Å². The average Bonchev–Trinajstić information content (AvgIpc) is 2.93. The molecule has 2 rings (SSSR count). The molecule has 108 valence electrons. The van der Waals surface area contributed by atoms with Crippen molar-refractivity contribution in [1.82, 2.24) is 4.90 Å². The smallest absolute Gasteiger partial charge is 0.321 e. The zero-order valence-electron chi connectivity index (χ0n) is 11.8. The minimum atomic E-state index is -0.135. The fourth-order valence-electron chi connectivity index (χ4n) is 1.73. The summed E-state index contributed by atoms with van der Waals surface area (Å²) in [6.07, 6.45) is 0. The Bertz CT molecular complexity index is 655. The maximum absolute atomic E-state index is 12.1. The first-order chi connectivity index (χ1) is 10.2. The van der Waals surface area contributed by atoms with E-state index in [2.05, 4.69) is 17.2 Å². The number of nitrogens with two attached hydrogens (primary N) is 1. The molecule has 1 aromatic carbocycles. The number of benzene rings is 1. The fraction of sp³-hybridized carbons (Fsp3) is 0.188. The molecule has 0 atom stereocenters. The number of anilines is 1. The van der Waals surface area contributed by atoms with Crippen LogP contribution in [0.15, 0.2) is 41.8 Å². The molecule has 1 aromatic heterocycles. The molecule has 2 amide bonds. The van der Waals surface area contributed by atoms with Gasteiger partial charge in [0.25, 0.3) is 0 Å². The lowest BCUT2D eigenvalue weighted by molar-refractivity contribution is 0.221. The van der Waals surface area contributed by atoms with Gasteiger partial charge in [0.2, 0.25) is 0 Å². The second-order valence-corrected chi connectivity index (χ2v) is 5.46. The summed E-state index contributed by atoms with van der Waals surface area (Å²) in [6, 6.07) is 11.3. The van der Waals surface area contributed by atoms with Gasteiger partial charge in [-0.15, -0.1) is 11.3 Å². The van der Waals surface area contributed by atoms with E-state index in [1.807, 2.05) is 41.8 Å². The van der Waals surface area contributed by atoms with Gasteiger partial charge in [-0.2, -0.15) is 0 Å². The second-order valence-electron chi connectivity index (χ2n) is 4.46. The van der Waals surface area contributed by atoms with Crippen molar-refractivity contribution in [1.29, 1.82) is 0 Å². The molecule has 0 saturated heterocycles. The van der Waals surface area contributed by atoms with Gasteiger partial charge in [0, 0.05) is 28.6 Å². The van der Waals surface area contributed by atoms with Crippen molar-refractivity contribution < 1.29 is 4.79 Å². The molecular weight excluding hydrogens is 282 g/mol. The van der Waals surface area contributed by atoms with Crippen LogP contribution < -0.4 is 11.1 Å². The number of hydrogen-bond acceptors (Lipinski definition) is 3. The Morgan fingerprint density at radius 1 is 1.38 bits per heavy atom. The van der Waals surface area contributed by atoms with E-state index in [1.54, 1.807) is 23.3 Å². The maximum atomic E-state index is 12.1. The molecule has 0 radical (unpaired) electrons. The van der Waals surface area contributed by atoms with Crippen LogP contribution in [0.2, 0.25) is 0 Å². The van der Waals surface area contributed by atoms with E-state index in [9.17, 15) is 4.79 Å². The van der Waals surface area contributed by atoms with Crippen LogP contribution in [-0.2, 0) is 6.54 Å². The van der Waals surface area contributed by atoms with Gasteiger partial charge in [-0.05, 0) is 18.2 Å². The standard InChI is InChI=1S/C16H17N3OS/c1-19(16(20)18-14-7-3-2-4-8-14)11-15-10-13(12-21-15)6-5-9-17/h2-4,7-8,10,12H,9,11,17H2,1H3,(H,18,20). The van der Waals surface area contributed by atoms with Gasteiger partial charge in [-0.1, -0.05) is 30.0 Å². The van der Waals surface area contributed by atoms with Gasteiger partial charge in [0.05, 0.1) is 13.1 Å². The van der Waals surface area contributed by atoms with E-state index >= 15 is 0 Å². The maximum Gasteiger partial charge on any atom is 0.321 e. The van der Waals surface area contributed by atoms with E-state index in [4.69, 9.17) is 5.73 Å². The van der Waals surface area contributed by atoms with Gasteiger partial charge in [0.15, 0.2) is 0 Å². The van der Waals surface area contributed by atoms with Crippen LogP contribution in [-0.4, -0.2) is 24.5 Å². The van der Waals surface area contributed by atoms with E-state index in [1.165, 1.54) is 0 Å². The third kappa shape index (κ3) is 4.63. The number of nitrogens with zero attached hydrogens (tertiary/aromatic N) is 1. The predicted molar refractivity (Wildman–Crippen MR) is 87.2 cm³/mol. The second kappa shape index (κ2) is 7.48. The zero-order chi connectivity index (χ0) is 15.1. The van der Waals surface area contributed by atoms with Crippen molar-refractivity contribution in [2.75, 3.05) is 18.9 Å². The highest BCUT2D eigenvalue weighted by Crippen LogP contribution is 2.16. The van der Waals surface area contributed by atoms with Crippen LogP contribution in [0.1, 0.15) is 10.4 Å². The number of para-hydroxylation sites is 1. The largest absolute Gasteiger partial charge is 0.322 e. The minimum Gasteiger partial charge on any atom is -0.322 e. The SMILES string of the molecule is CN(Cc1cc(C#CCN)cs1)C(=O)Nc1ccccc1. The van der Waals surface area contributed by atoms with Crippen molar-refractivity contribution in [3.8, 4) is 11.8 Å². The van der Waals surface area contributed by atoms with E-state index < -0.39 is 0 Å². The number of nitrogens with one attached hydrogen (secondary N) is 1. The molecule has 0 aliphatic heterocycles. The van der Waals surface area contributed by atoms with Crippen molar-refractivity contribution in [3.05, 3.63) is 52.2 Å². The molecule has 4 nitrogen and oxygen atoms in total. The summed E-state index contributed by atoms with van der Waals surface area (Å²) in [4.78, 5) is 14.8. The Morgan fingerprint density at radius 2 is 2.14 bits per heavy atom. The number of hydrogen-bond donors (Lipinski definition) is 2. The van der Waals surface area contributed by atoms with Gasteiger partial charge in [-0.25, -0.2) is 4.79 Å². The third-order valence-electron chi connectivity index (χ3n) is 2.75. The van der Waals surface area contributed by atoms with Gasteiger partial charge < -0.3 is 16.0 Å². The molecule has 0 aliphatic rings. The predicted octanol–water partition coefficient (Wildman–Crippen LogP) is 2.72. The van der Waals surface area contributed by atoms with Crippen LogP contribution in [0.4, 0.5) is 10.5 Å². The summed E-state index contributed by atoms with van der Waals surface area (Å²) in [7, 11) is 1.77. The summed E-state index contributed by atoms with van der Waals surface area (Å²) >= 11 is 1.59. The van der Waals surface area contributed by atoms with Crippen LogP contribution in [0, 0.1) is 11.8 Å². The number of rotatable bonds is 3. The zero-order valence-corrected chi connectivity index (χ0v) is 12.6. The van der Waals surface area contributed by atoms with E-state index in [0.29, 0.717) is 13.1 Å². The Labute approximate surface area is 128 Å². The minimum absolute atomic E-state index is 0.135. The Kier molecular flexibility index (Phi) is 5.38. The molecule has 0 spiro atoms. The number of urea groups is 1. The molecule has 1 heterocycles. The van der Waals surface area contributed by atoms with Crippen molar-refractivity contribution >= 4 is 23.1 Å². The topological polar surface area (TPSA) is 58.4 Å².